The van der Waals surface area contributed by atoms with E-state index < -0.39 is 0 Å². The highest BCUT2D eigenvalue weighted by molar-refractivity contribution is 6.05. The normalized spacial score (nSPS) is 14.9. The molecule has 1 aliphatic heterocycles. The van der Waals surface area contributed by atoms with Crippen molar-refractivity contribution in [1.82, 2.24) is 10.6 Å². The van der Waals surface area contributed by atoms with Crippen molar-refractivity contribution in [3.8, 4) is 0 Å². The lowest BCUT2D eigenvalue weighted by molar-refractivity contribution is -0.109. The van der Waals surface area contributed by atoms with Gasteiger partial charge in [-0.1, -0.05) is 13.0 Å². The van der Waals surface area contributed by atoms with Gasteiger partial charge >= 0.3 is 0 Å². The molecule has 138 valence electrons. The molecule has 0 unspecified atom stereocenters. The highest BCUT2D eigenvalue weighted by Crippen LogP contribution is 2.28. The van der Waals surface area contributed by atoms with E-state index in [0.29, 0.717) is 18.7 Å². The maximum Gasteiger partial charge on any atom is 0.234 e. The van der Waals surface area contributed by atoms with E-state index in [1.807, 2.05) is 20.0 Å². The van der Waals surface area contributed by atoms with E-state index in [4.69, 9.17) is 5.73 Å². The van der Waals surface area contributed by atoms with Crippen LogP contribution in [0.5, 0.6) is 0 Å². The molecule has 0 aliphatic carbocycles. The first-order chi connectivity index (χ1) is 12.2. The van der Waals surface area contributed by atoms with Crippen molar-refractivity contribution in [3.63, 3.8) is 0 Å². The summed E-state index contributed by atoms with van der Waals surface area (Å²) in [6, 6.07) is 6.13. The largest absolute Gasteiger partial charge is 0.388 e. The van der Waals surface area contributed by atoms with Gasteiger partial charge in [0, 0.05) is 24.8 Å². The third kappa shape index (κ3) is 6.93. The van der Waals surface area contributed by atoms with Crippen LogP contribution in [0.25, 0.3) is 0 Å². The molecule has 0 saturated carbocycles. The Balaban J connectivity index is 0.000000450. The van der Waals surface area contributed by atoms with Crippen molar-refractivity contribution in [2.45, 2.75) is 32.1 Å². The van der Waals surface area contributed by atoms with Gasteiger partial charge in [-0.05, 0) is 56.0 Å². The van der Waals surface area contributed by atoms with E-state index in [2.05, 4.69) is 33.1 Å². The second kappa shape index (κ2) is 12.0. The zero-order valence-corrected chi connectivity index (χ0v) is 15.0. The molecular formula is C18H29N5O2. The predicted octanol–water partition coefficient (Wildman–Crippen LogP) is 1.20. The highest BCUT2D eigenvalue weighted by Gasteiger charge is 2.16. The van der Waals surface area contributed by atoms with Crippen LogP contribution in [0.2, 0.25) is 0 Å². The number of benzene rings is 1. The average Bonchev–Trinajstić information content (AvgIpc) is 2.67. The molecule has 0 atom stereocenters. The van der Waals surface area contributed by atoms with Gasteiger partial charge in [0.05, 0.1) is 0 Å². The molecular weight excluding hydrogens is 318 g/mol. The molecule has 1 aliphatic rings. The lowest BCUT2D eigenvalue weighted by Gasteiger charge is -2.24. The van der Waals surface area contributed by atoms with Gasteiger partial charge in [-0.15, -0.1) is 0 Å². The molecule has 7 nitrogen and oxygen atoms in total. The van der Waals surface area contributed by atoms with E-state index in [1.165, 1.54) is 5.56 Å². The smallest absolute Gasteiger partial charge is 0.234 e. The minimum Gasteiger partial charge on any atom is -0.388 e. The second-order valence-corrected chi connectivity index (χ2v) is 5.77. The minimum atomic E-state index is 0.246. The Kier molecular flexibility index (Phi) is 9.92. The summed E-state index contributed by atoms with van der Waals surface area (Å²) in [5.41, 5.74) is 8.78. The summed E-state index contributed by atoms with van der Waals surface area (Å²) < 4.78 is 0. The topological polar surface area (TPSA) is 109 Å². The molecule has 1 heterocycles. The van der Waals surface area contributed by atoms with E-state index >= 15 is 0 Å². The molecule has 25 heavy (non-hydrogen) atoms. The number of aliphatic imine (C=N–C) groups is 1. The Labute approximate surface area is 149 Å². The second-order valence-electron chi connectivity index (χ2n) is 5.77. The number of nitrogens with one attached hydrogen (secondary N) is 3. The number of amides is 2. The number of hydrogen-bond donors (Lipinski definition) is 4. The van der Waals surface area contributed by atoms with E-state index in [9.17, 15) is 9.59 Å². The first kappa shape index (κ1) is 20.6. The molecule has 1 aromatic rings. The van der Waals surface area contributed by atoms with Crippen molar-refractivity contribution in [2.75, 3.05) is 32.0 Å². The molecule has 0 bridgehead atoms. The molecule has 2 rings (SSSR count). The summed E-state index contributed by atoms with van der Waals surface area (Å²) in [4.78, 5) is 23.5. The van der Waals surface area contributed by atoms with Gasteiger partial charge in [-0.3, -0.25) is 9.59 Å². The maximum atomic E-state index is 10.4. The van der Waals surface area contributed by atoms with Crippen molar-refractivity contribution in [3.05, 3.63) is 29.3 Å². The summed E-state index contributed by atoms with van der Waals surface area (Å²) in [7, 11) is 1.85. The SMILES string of the molecule is CCCNC=O.CNc1cc(C2CCNCC2)ccc1C(N)=NC=O. The maximum absolute atomic E-state index is 10.4. The Hall–Kier alpha value is -2.41. The zero-order chi connectivity index (χ0) is 18.5. The van der Waals surface area contributed by atoms with Crippen LogP contribution in [0, 0.1) is 0 Å². The van der Waals surface area contributed by atoms with Gasteiger partial charge in [0.2, 0.25) is 12.8 Å². The van der Waals surface area contributed by atoms with E-state index in [1.54, 1.807) is 0 Å². The fourth-order valence-corrected chi connectivity index (χ4v) is 2.73. The quantitative estimate of drug-likeness (QED) is 0.256. The van der Waals surface area contributed by atoms with Gasteiger partial charge < -0.3 is 21.7 Å². The third-order valence-electron chi connectivity index (χ3n) is 4.07. The number of anilines is 1. The van der Waals surface area contributed by atoms with Crippen LogP contribution in [0.1, 0.15) is 43.2 Å². The number of carbonyl (C=O) groups excluding carboxylic acids is 2. The van der Waals surface area contributed by atoms with Crippen LogP contribution >= 0.6 is 0 Å². The molecule has 1 fully saturated rings. The van der Waals surface area contributed by atoms with Gasteiger partial charge in [0.1, 0.15) is 5.84 Å². The fraction of sp³-hybridized carbons (Fsp3) is 0.500. The summed E-state index contributed by atoms with van der Waals surface area (Å²) in [6.07, 6.45) is 4.50. The highest BCUT2D eigenvalue weighted by atomic mass is 16.1. The molecule has 7 heteroatoms. The van der Waals surface area contributed by atoms with Crippen molar-refractivity contribution in [1.29, 1.82) is 0 Å². The summed E-state index contributed by atoms with van der Waals surface area (Å²) >= 11 is 0. The molecule has 2 amide bonds. The zero-order valence-electron chi connectivity index (χ0n) is 15.0. The number of nitrogens with zero attached hydrogens (tertiary/aromatic N) is 1. The number of amidine groups is 1. The first-order valence-electron chi connectivity index (χ1n) is 8.64. The summed E-state index contributed by atoms with van der Waals surface area (Å²) in [5.74, 6) is 0.836. The summed E-state index contributed by atoms with van der Waals surface area (Å²) in [6.45, 7) is 4.94. The number of piperidine rings is 1. The fourth-order valence-electron chi connectivity index (χ4n) is 2.73. The lowest BCUT2D eigenvalue weighted by Crippen LogP contribution is -2.26. The molecule has 5 N–H and O–H groups in total. The molecule has 1 aromatic carbocycles. The number of hydrogen-bond acceptors (Lipinski definition) is 4. The molecule has 1 saturated heterocycles. The van der Waals surface area contributed by atoms with Gasteiger partial charge in [0.15, 0.2) is 0 Å². The summed E-state index contributed by atoms with van der Waals surface area (Å²) in [5, 5.41) is 9.01. The average molecular weight is 347 g/mol. The molecule has 0 aromatic heterocycles. The van der Waals surface area contributed by atoms with Crippen LogP contribution in [0.3, 0.4) is 0 Å². The molecule has 0 spiro atoms. The molecule has 0 radical (unpaired) electrons. The van der Waals surface area contributed by atoms with Crippen LogP contribution in [-0.4, -0.2) is 45.3 Å². The first-order valence-corrected chi connectivity index (χ1v) is 8.64. The van der Waals surface area contributed by atoms with Crippen molar-refractivity contribution in [2.24, 2.45) is 10.7 Å². The number of nitrogens with two attached hydrogens (primary N) is 1. The van der Waals surface area contributed by atoms with Crippen LogP contribution in [0.4, 0.5) is 5.69 Å². The minimum absolute atomic E-state index is 0.246. The van der Waals surface area contributed by atoms with E-state index in [-0.39, 0.29) is 5.84 Å². The Morgan fingerprint density at radius 3 is 2.60 bits per heavy atom. The van der Waals surface area contributed by atoms with Crippen LogP contribution < -0.4 is 21.7 Å². The Morgan fingerprint density at radius 2 is 2.08 bits per heavy atom. The number of carbonyl (C=O) groups is 2. The van der Waals surface area contributed by atoms with Gasteiger partial charge in [-0.2, -0.15) is 4.99 Å². The predicted molar refractivity (Wildman–Crippen MR) is 102 cm³/mol. The monoisotopic (exact) mass is 347 g/mol. The lowest BCUT2D eigenvalue weighted by atomic mass is 9.89. The standard InChI is InChI=1S/C14H20N4O.C4H9NO/c1-16-13-8-11(10-4-6-17-7-5-10)2-3-12(13)14(15)18-9-19;1-2-3-5-4-6/h2-3,8-10,16-17H,4-7H2,1H3,(H2,15,18,19);4H,2-3H2,1H3,(H,5,6). The van der Waals surface area contributed by atoms with Crippen molar-refractivity contribution >= 4 is 24.3 Å². The number of rotatable bonds is 7. The van der Waals surface area contributed by atoms with E-state index in [0.717, 1.165) is 50.1 Å². The van der Waals surface area contributed by atoms with Crippen LogP contribution in [0.15, 0.2) is 23.2 Å². The van der Waals surface area contributed by atoms with Crippen molar-refractivity contribution < 1.29 is 9.59 Å². The van der Waals surface area contributed by atoms with Gasteiger partial charge in [0.25, 0.3) is 0 Å². The third-order valence-corrected chi connectivity index (χ3v) is 4.07. The Bertz CT molecular complexity index is 569. The Morgan fingerprint density at radius 1 is 1.36 bits per heavy atom. The van der Waals surface area contributed by atoms with Crippen LogP contribution in [-0.2, 0) is 9.59 Å². The van der Waals surface area contributed by atoms with Gasteiger partial charge in [-0.25, -0.2) is 0 Å².